The summed E-state index contributed by atoms with van der Waals surface area (Å²) in [6, 6.07) is 18.1. The van der Waals surface area contributed by atoms with Crippen LogP contribution < -0.4 is 15.4 Å². The van der Waals surface area contributed by atoms with E-state index < -0.39 is 11.7 Å². The van der Waals surface area contributed by atoms with Gasteiger partial charge in [0.2, 0.25) is 0 Å². The van der Waals surface area contributed by atoms with E-state index >= 15 is 0 Å². The molecule has 2 amide bonds. The van der Waals surface area contributed by atoms with Gasteiger partial charge in [-0.1, -0.05) is 24.3 Å². The van der Waals surface area contributed by atoms with Crippen LogP contribution in [0.25, 0.3) is 0 Å². The summed E-state index contributed by atoms with van der Waals surface area (Å²) in [6.07, 6.45) is 0. The average molecular weight is 378 g/mol. The van der Waals surface area contributed by atoms with E-state index in [0.717, 1.165) is 6.07 Å². The molecule has 0 aliphatic rings. The van der Waals surface area contributed by atoms with E-state index in [1.807, 2.05) is 18.2 Å². The molecule has 142 valence electrons. The molecule has 3 rings (SSSR count). The van der Waals surface area contributed by atoms with Crippen molar-refractivity contribution < 1.29 is 18.7 Å². The maximum Gasteiger partial charge on any atom is 0.258 e. The van der Waals surface area contributed by atoms with Gasteiger partial charge in [0.05, 0.1) is 12.7 Å². The van der Waals surface area contributed by atoms with Crippen molar-refractivity contribution in [1.29, 1.82) is 0 Å². The zero-order chi connectivity index (χ0) is 20.1. The van der Waals surface area contributed by atoms with Crippen LogP contribution in [-0.2, 0) is 0 Å². The number of amides is 2. The van der Waals surface area contributed by atoms with E-state index in [1.165, 1.54) is 19.2 Å². The Labute approximate surface area is 162 Å². The maximum absolute atomic E-state index is 14.1. The van der Waals surface area contributed by atoms with Crippen molar-refractivity contribution in [2.45, 2.75) is 6.92 Å². The van der Waals surface area contributed by atoms with Gasteiger partial charge in [0.15, 0.2) is 0 Å². The molecule has 3 aromatic carbocycles. The Kier molecular flexibility index (Phi) is 5.69. The number of halogens is 1. The van der Waals surface area contributed by atoms with Gasteiger partial charge in [0, 0.05) is 23.0 Å². The summed E-state index contributed by atoms with van der Waals surface area (Å²) in [7, 11) is 1.42. The fourth-order valence-electron chi connectivity index (χ4n) is 2.73. The first-order valence-electron chi connectivity index (χ1n) is 8.60. The van der Waals surface area contributed by atoms with Gasteiger partial charge < -0.3 is 15.4 Å². The molecule has 2 N–H and O–H groups in total. The highest BCUT2D eigenvalue weighted by atomic mass is 19.1. The molecule has 0 radical (unpaired) electrons. The van der Waals surface area contributed by atoms with E-state index in [-0.39, 0.29) is 11.5 Å². The van der Waals surface area contributed by atoms with Crippen LogP contribution in [0.5, 0.6) is 5.75 Å². The molecule has 6 heteroatoms. The number of hydrogen-bond donors (Lipinski definition) is 2. The fraction of sp³-hybridized carbons (Fsp3) is 0.0909. The minimum Gasteiger partial charge on any atom is -0.497 e. The number of para-hydroxylation sites is 1. The van der Waals surface area contributed by atoms with Crippen molar-refractivity contribution in [1.82, 2.24) is 0 Å². The highest BCUT2D eigenvalue weighted by Gasteiger charge is 2.16. The minimum absolute atomic E-state index is 0.112. The molecule has 0 saturated heterocycles. The smallest absolute Gasteiger partial charge is 0.258 e. The summed E-state index contributed by atoms with van der Waals surface area (Å²) in [4.78, 5) is 25.0. The van der Waals surface area contributed by atoms with Crippen LogP contribution in [0.15, 0.2) is 66.7 Å². The molecule has 28 heavy (non-hydrogen) atoms. The summed E-state index contributed by atoms with van der Waals surface area (Å²) < 4.78 is 19.1. The van der Waals surface area contributed by atoms with Crippen molar-refractivity contribution in [3.05, 3.63) is 89.2 Å². The number of nitrogens with one attached hydrogen (secondary N) is 2. The Morgan fingerprint density at radius 3 is 2.25 bits per heavy atom. The van der Waals surface area contributed by atoms with Crippen molar-refractivity contribution in [2.24, 2.45) is 0 Å². The molecule has 0 atom stereocenters. The molecule has 0 aliphatic heterocycles. The predicted molar refractivity (Wildman–Crippen MR) is 106 cm³/mol. The molecule has 5 nitrogen and oxygen atoms in total. The first-order chi connectivity index (χ1) is 13.5. The maximum atomic E-state index is 14.1. The Morgan fingerprint density at radius 2 is 1.57 bits per heavy atom. The molecule has 3 aromatic rings. The zero-order valence-corrected chi connectivity index (χ0v) is 15.5. The average Bonchev–Trinajstić information content (AvgIpc) is 2.70. The number of carbonyl (C=O) groups excluding carboxylic acids is 2. The van der Waals surface area contributed by atoms with Crippen molar-refractivity contribution in [2.75, 3.05) is 17.7 Å². The number of anilines is 2. The van der Waals surface area contributed by atoms with Crippen molar-refractivity contribution in [3.8, 4) is 5.75 Å². The topological polar surface area (TPSA) is 67.4 Å². The summed E-state index contributed by atoms with van der Waals surface area (Å²) in [5, 5.41) is 5.47. The number of ether oxygens (including phenoxy) is 1. The number of methoxy groups -OCH3 is 1. The Morgan fingerprint density at radius 1 is 0.857 bits per heavy atom. The molecule has 0 spiro atoms. The second-order valence-electron chi connectivity index (χ2n) is 6.10. The van der Waals surface area contributed by atoms with Crippen LogP contribution in [0.4, 0.5) is 15.8 Å². The number of benzene rings is 3. The van der Waals surface area contributed by atoms with E-state index in [4.69, 9.17) is 4.74 Å². The summed E-state index contributed by atoms with van der Waals surface area (Å²) in [5.41, 5.74) is 1.98. The highest BCUT2D eigenvalue weighted by molar-refractivity contribution is 6.08. The van der Waals surface area contributed by atoms with Gasteiger partial charge in [0.1, 0.15) is 11.6 Å². The first kappa shape index (κ1) is 19.1. The third kappa shape index (κ3) is 4.17. The monoisotopic (exact) mass is 378 g/mol. The van der Waals surface area contributed by atoms with Gasteiger partial charge >= 0.3 is 0 Å². The largest absolute Gasteiger partial charge is 0.497 e. The third-order valence-electron chi connectivity index (χ3n) is 4.28. The second kappa shape index (κ2) is 8.35. The van der Waals surface area contributed by atoms with Crippen LogP contribution in [-0.4, -0.2) is 18.9 Å². The fourth-order valence-corrected chi connectivity index (χ4v) is 2.73. The molecule has 0 fully saturated rings. The van der Waals surface area contributed by atoms with Gasteiger partial charge in [0.25, 0.3) is 11.8 Å². The summed E-state index contributed by atoms with van der Waals surface area (Å²) in [5.74, 6) is -1.27. The molecule has 0 unspecified atom stereocenters. The number of carbonyl (C=O) groups is 2. The Balaban J connectivity index is 1.81. The lowest BCUT2D eigenvalue weighted by Crippen LogP contribution is -2.17. The van der Waals surface area contributed by atoms with Crippen molar-refractivity contribution in [3.63, 3.8) is 0 Å². The van der Waals surface area contributed by atoms with Crippen molar-refractivity contribution >= 4 is 23.2 Å². The van der Waals surface area contributed by atoms with Crippen LogP contribution in [0, 0.1) is 12.7 Å². The van der Waals surface area contributed by atoms with Gasteiger partial charge in [-0.05, 0) is 48.9 Å². The van der Waals surface area contributed by atoms with Gasteiger partial charge in [-0.25, -0.2) is 4.39 Å². The molecular weight excluding hydrogens is 359 g/mol. The van der Waals surface area contributed by atoms with E-state index in [1.54, 1.807) is 37.3 Å². The Bertz CT molecular complexity index is 1020. The first-order valence-corrected chi connectivity index (χ1v) is 8.60. The minimum atomic E-state index is -0.688. The van der Waals surface area contributed by atoms with Crippen LogP contribution in [0.3, 0.4) is 0 Å². The van der Waals surface area contributed by atoms with Crippen LogP contribution >= 0.6 is 0 Å². The van der Waals surface area contributed by atoms with Gasteiger partial charge in [-0.2, -0.15) is 0 Å². The van der Waals surface area contributed by atoms with Gasteiger partial charge in [-0.3, -0.25) is 9.59 Å². The zero-order valence-electron chi connectivity index (χ0n) is 15.5. The SMILES string of the molecule is COc1ccc(C(=O)Nc2cccc(C(=O)Nc3ccccc3)c2C)c(F)c1. The van der Waals surface area contributed by atoms with Gasteiger partial charge in [-0.15, -0.1) is 0 Å². The molecule has 0 saturated carbocycles. The van der Waals surface area contributed by atoms with Crippen LogP contribution in [0.1, 0.15) is 26.3 Å². The second-order valence-corrected chi connectivity index (χ2v) is 6.10. The lowest BCUT2D eigenvalue weighted by molar-refractivity contribution is 0.101. The van der Waals surface area contributed by atoms with E-state index in [2.05, 4.69) is 10.6 Å². The number of rotatable bonds is 5. The van der Waals surface area contributed by atoms with E-state index in [9.17, 15) is 14.0 Å². The normalized spacial score (nSPS) is 10.2. The van der Waals surface area contributed by atoms with E-state index in [0.29, 0.717) is 28.3 Å². The lowest BCUT2D eigenvalue weighted by Gasteiger charge is -2.13. The molecule has 0 heterocycles. The third-order valence-corrected chi connectivity index (χ3v) is 4.28. The van der Waals surface area contributed by atoms with Crippen LogP contribution in [0.2, 0.25) is 0 Å². The Hall–Kier alpha value is -3.67. The lowest BCUT2D eigenvalue weighted by atomic mass is 10.1. The predicted octanol–water partition coefficient (Wildman–Crippen LogP) is 4.65. The molecule has 0 aliphatic carbocycles. The summed E-state index contributed by atoms with van der Waals surface area (Å²) >= 11 is 0. The quantitative estimate of drug-likeness (QED) is 0.679. The molecule has 0 aromatic heterocycles. The molecular formula is C22H19FN2O3. The number of hydrogen-bond acceptors (Lipinski definition) is 3. The molecule has 0 bridgehead atoms. The summed E-state index contributed by atoms with van der Waals surface area (Å²) in [6.45, 7) is 1.72. The highest BCUT2D eigenvalue weighted by Crippen LogP contribution is 2.22. The standard InChI is InChI=1S/C22H19FN2O3/c1-14-17(21(26)24-15-7-4-3-5-8-15)9-6-10-20(14)25-22(27)18-12-11-16(28-2)13-19(18)23/h3-13H,1-2H3,(H,24,26)(H,25,27).